The summed E-state index contributed by atoms with van der Waals surface area (Å²) in [5.74, 6) is -0.156. The first-order chi connectivity index (χ1) is 15.6. The third kappa shape index (κ3) is 9.49. The lowest BCUT2D eigenvalue weighted by molar-refractivity contribution is -0.157. The quantitative estimate of drug-likeness (QED) is 0.287. The topological polar surface area (TPSA) is 76.7 Å². The maximum atomic E-state index is 12.3. The Morgan fingerprint density at radius 2 is 0.941 bits per heavy atom. The molecule has 2 unspecified atom stereocenters. The summed E-state index contributed by atoms with van der Waals surface area (Å²) in [6, 6.07) is 0. The molecule has 0 bridgehead atoms. The van der Waals surface area contributed by atoms with Gasteiger partial charge in [0.15, 0.2) is 0 Å². The molecule has 2 fully saturated rings. The van der Waals surface area contributed by atoms with E-state index in [0.717, 1.165) is 64.2 Å². The molecule has 0 aromatic heterocycles. The van der Waals surface area contributed by atoms with Gasteiger partial charge in [-0.3, -0.25) is 9.59 Å². The van der Waals surface area contributed by atoms with Crippen molar-refractivity contribution in [2.75, 3.05) is 0 Å². The van der Waals surface area contributed by atoms with Gasteiger partial charge in [-0.2, -0.15) is 0 Å². The second-order valence-electron chi connectivity index (χ2n) is 13.1. The molecule has 2 saturated heterocycles. The number of ether oxygens (including phenoxy) is 2. The summed E-state index contributed by atoms with van der Waals surface area (Å²) < 4.78 is 11.6. The minimum atomic E-state index is -0.196. The predicted octanol–water partition coefficient (Wildman–Crippen LogP) is 5.81. The molecule has 34 heavy (non-hydrogen) atoms. The van der Waals surface area contributed by atoms with Crippen LogP contribution < -0.4 is 10.6 Å². The SMILES string of the molecule is CC1(C)CCC(OC(=O)CCCCCCCCC(=O)OC2CCC(C)(C)NC2(C)C)C(C)(C)N1. The summed E-state index contributed by atoms with van der Waals surface area (Å²) in [4.78, 5) is 24.6. The average molecular weight is 481 g/mol. The van der Waals surface area contributed by atoms with Gasteiger partial charge in [-0.05, 0) is 93.9 Å². The molecule has 0 spiro atoms. The van der Waals surface area contributed by atoms with Gasteiger partial charge < -0.3 is 20.1 Å². The zero-order valence-corrected chi connectivity index (χ0v) is 23.3. The van der Waals surface area contributed by atoms with Crippen molar-refractivity contribution in [2.24, 2.45) is 0 Å². The van der Waals surface area contributed by atoms with Crippen LogP contribution in [0.1, 0.15) is 132 Å². The molecule has 2 rings (SSSR count). The largest absolute Gasteiger partial charge is 0.460 e. The number of hydrogen-bond donors (Lipinski definition) is 2. The number of carbonyl (C=O) groups excluding carboxylic acids is 2. The third-order valence-corrected chi connectivity index (χ3v) is 7.55. The van der Waals surface area contributed by atoms with Gasteiger partial charge in [0.2, 0.25) is 0 Å². The van der Waals surface area contributed by atoms with E-state index in [9.17, 15) is 9.59 Å². The van der Waals surface area contributed by atoms with Crippen LogP contribution in [0.4, 0.5) is 0 Å². The number of unbranched alkanes of at least 4 members (excludes halogenated alkanes) is 5. The van der Waals surface area contributed by atoms with Gasteiger partial charge in [0.1, 0.15) is 12.2 Å². The van der Waals surface area contributed by atoms with Crippen molar-refractivity contribution in [1.82, 2.24) is 10.6 Å². The summed E-state index contributed by atoms with van der Waals surface area (Å²) in [5.41, 5.74) is -0.217. The molecule has 2 heterocycles. The Kier molecular flexibility index (Phi) is 10.0. The fraction of sp³-hybridized carbons (Fsp3) is 0.929. The molecule has 0 aliphatic carbocycles. The molecular formula is C28H52N2O4. The highest BCUT2D eigenvalue weighted by molar-refractivity contribution is 5.70. The number of piperidine rings is 2. The molecule has 198 valence electrons. The van der Waals surface area contributed by atoms with E-state index in [1.54, 1.807) is 0 Å². The molecule has 2 aliphatic heterocycles. The van der Waals surface area contributed by atoms with Crippen molar-refractivity contribution >= 4 is 11.9 Å². The Bertz CT molecular complexity index is 626. The van der Waals surface area contributed by atoms with E-state index in [1.807, 2.05) is 0 Å². The lowest BCUT2D eigenvalue weighted by Gasteiger charge is -2.47. The second-order valence-corrected chi connectivity index (χ2v) is 13.1. The molecule has 2 aliphatic rings. The zero-order valence-electron chi connectivity index (χ0n) is 23.3. The van der Waals surface area contributed by atoms with E-state index in [2.05, 4.69) is 66.0 Å². The average Bonchev–Trinajstić information content (AvgIpc) is 2.66. The maximum absolute atomic E-state index is 12.3. The molecule has 0 aromatic carbocycles. The fourth-order valence-electron chi connectivity index (χ4n) is 5.83. The van der Waals surface area contributed by atoms with Crippen LogP contribution in [0.5, 0.6) is 0 Å². The zero-order chi connectivity index (χ0) is 25.6. The van der Waals surface area contributed by atoms with Gasteiger partial charge in [0.05, 0.1) is 11.1 Å². The van der Waals surface area contributed by atoms with Crippen molar-refractivity contribution in [3.05, 3.63) is 0 Å². The molecule has 2 atom stereocenters. The van der Waals surface area contributed by atoms with Crippen molar-refractivity contribution in [1.29, 1.82) is 0 Å². The van der Waals surface area contributed by atoms with E-state index < -0.39 is 0 Å². The standard InChI is InChI=1S/C28H52N2O4/c1-25(2)19-17-21(27(5,6)29-25)33-23(31)15-13-11-9-10-12-14-16-24(32)34-22-18-20-26(3,4)30-28(22,7)8/h21-22,29-30H,9-20H2,1-8H3. The van der Waals surface area contributed by atoms with Crippen molar-refractivity contribution in [2.45, 2.75) is 167 Å². The van der Waals surface area contributed by atoms with Crippen LogP contribution in [0.2, 0.25) is 0 Å². The number of carbonyl (C=O) groups is 2. The summed E-state index contributed by atoms with van der Waals surface area (Å²) in [7, 11) is 0. The van der Waals surface area contributed by atoms with Crippen LogP contribution in [-0.2, 0) is 19.1 Å². The van der Waals surface area contributed by atoms with Crippen molar-refractivity contribution in [3.63, 3.8) is 0 Å². The van der Waals surface area contributed by atoms with Gasteiger partial charge in [-0.1, -0.05) is 25.7 Å². The first kappa shape index (κ1) is 29.1. The van der Waals surface area contributed by atoms with Crippen LogP contribution in [0.15, 0.2) is 0 Å². The molecular weight excluding hydrogens is 428 g/mol. The van der Waals surface area contributed by atoms with Gasteiger partial charge in [-0.25, -0.2) is 0 Å². The monoisotopic (exact) mass is 480 g/mol. The maximum Gasteiger partial charge on any atom is 0.306 e. The number of rotatable bonds is 11. The van der Waals surface area contributed by atoms with Gasteiger partial charge in [0.25, 0.3) is 0 Å². The van der Waals surface area contributed by atoms with E-state index in [0.29, 0.717) is 12.8 Å². The van der Waals surface area contributed by atoms with Crippen molar-refractivity contribution in [3.8, 4) is 0 Å². The Morgan fingerprint density at radius 3 is 1.26 bits per heavy atom. The van der Waals surface area contributed by atoms with E-state index >= 15 is 0 Å². The van der Waals surface area contributed by atoms with Gasteiger partial charge in [0, 0.05) is 23.9 Å². The highest BCUT2D eigenvalue weighted by Crippen LogP contribution is 2.32. The lowest BCUT2D eigenvalue weighted by atomic mass is 9.80. The minimum absolute atomic E-state index is 0.0609. The molecule has 0 amide bonds. The smallest absolute Gasteiger partial charge is 0.306 e. The Labute approximate surface area is 208 Å². The highest BCUT2D eigenvalue weighted by Gasteiger charge is 2.42. The summed E-state index contributed by atoms with van der Waals surface area (Å²) >= 11 is 0. The van der Waals surface area contributed by atoms with E-state index in [-0.39, 0.29) is 46.3 Å². The first-order valence-electron chi connectivity index (χ1n) is 13.6. The van der Waals surface area contributed by atoms with Crippen LogP contribution in [0.3, 0.4) is 0 Å². The summed E-state index contributed by atoms with van der Waals surface area (Å²) in [6.07, 6.45) is 10.7. The normalized spacial score (nSPS) is 27.1. The van der Waals surface area contributed by atoms with Gasteiger partial charge in [-0.15, -0.1) is 0 Å². The summed E-state index contributed by atoms with van der Waals surface area (Å²) in [5, 5.41) is 7.22. The van der Waals surface area contributed by atoms with Crippen LogP contribution >= 0.6 is 0 Å². The van der Waals surface area contributed by atoms with Crippen LogP contribution in [0, 0.1) is 0 Å². The molecule has 2 N–H and O–H groups in total. The van der Waals surface area contributed by atoms with Crippen LogP contribution in [-0.4, -0.2) is 46.3 Å². The molecule has 6 heteroatoms. The lowest BCUT2D eigenvalue weighted by Crippen LogP contribution is -2.63. The Balaban J connectivity index is 1.51. The van der Waals surface area contributed by atoms with Gasteiger partial charge >= 0.3 is 11.9 Å². The third-order valence-electron chi connectivity index (χ3n) is 7.55. The van der Waals surface area contributed by atoms with Crippen LogP contribution in [0.25, 0.3) is 0 Å². The molecule has 6 nitrogen and oxygen atoms in total. The second kappa shape index (κ2) is 11.7. The number of nitrogens with one attached hydrogen (secondary N) is 2. The molecule has 0 saturated carbocycles. The van der Waals surface area contributed by atoms with E-state index in [1.165, 1.54) is 0 Å². The fourth-order valence-corrected chi connectivity index (χ4v) is 5.83. The Hall–Kier alpha value is -1.14. The highest BCUT2D eigenvalue weighted by atomic mass is 16.5. The first-order valence-corrected chi connectivity index (χ1v) is 13.6. The number of esters is 2. The predicted molar refractivity (Wildman–Crippen MR) is 138 cm³/mol. The van der Waals surface area contributed by atoms with E-state index in [4.69, 9.17) is 9.47 Å². The van der Waals surface area contributed by atoms with Crippen molar-refractivity contribution < 1.29 is 19.1 Å². The molecule has 0 aromatic rings. The molecule has 0 radical (unpaired) electrons. The minimum Gasteiger partial charge on any atom is -0.460 e. The Morgan fingerprint density at radius 1 is 0.618 bits per heavy atom. The number of hydrogen-bond acceptors (Lipinski definition) is 6. The summed E-state index contributed by atoms with van der Waals surface area (Å²) in [6.45, 7) is 17.3.